The van der Waals surface area contributed by atoms with Crippen LogP contribution in [0.3, 0.4) is 0 Å². The van der Waals surface area contributed by atoms with E-state index < -0.39 is 0 Å². The standard InChI is InChI=1S/C16H24ClN/c1-10-7-8-11(9-12(10)17)13(18-6)14-15(2,3)16(14,4)5/h7-9,13-14,18H,1-6H3. The van der Waals surface area contributed by atoms with Crippen LogP contribution in [0, 0.1) is 23.7 Å². The van der Waals surface area contributed by atoms with Crippen LogP contribution >= 0.6 is 11.6 Å². The summed E-state index contributed by atoms with van der Waals surface area (Å²) in [6.07, 6.45) is 0. The van der Waals surface area contributed by atoms with Gasteiger partial charge in [-0.3, -0.25) is 0 Å². The molecular weight excluding hydrogens is 242 g/mol. The maximum absolute atomic E-state index is 6.25. The van der Waals surface area contributed by atoms with Crippen molar-refractivity contribution in [1.82, 2.24) is 5.32 Å². The highest BCUT2D eigenvalue weighted by Gasteiger charge is 2.67. The third-order valence-electron chi connectivity index (χ3n) is 5.33. The number of rotatable bonds is 3. The summed E-state index contributed by atoms with van der Waals surface area (Å²) in [7, 11) is 2.04. The lowest BCUT2D eigenvalue weighted by molar-refractivity contribution is 0.438. The summed E-state index contributed by atoms with van der Waals surface area (Å²) in [4.78, 5) is 0. The molecule has 0 saturated heterocycles. The van der Waals surface area contributed by atoms with Crippen molar-refractivity contribution in [1.29, 1.82) is 0 Å². The van der Waals surface area contributed by atoms with Crippen LogP contribution < -0.4 is 5.32 Å². The smallest absolute Gasteiger partial charge is 0.0438 e. The average molecular weight is 266 g/mol. The van der Waals surface area contributed by atoms with E-state index in [4.69, 9.17) is 11.6 Å². The van der Waals surface area contributed by atoms with Gasteiger partial charge in [-0.2, -0.15) is 0 Å². The molecule has 1 N–H and O–H groups in total. The molecule has 1 nitrogen and oxygen atoms in total. The third-order valence-corrected chi connectivity index (χ3v) is 5.74. The first-order chi connectivity index (χ1) is 8.23. The lowest BCUT2D eigenvalue weighted by Gasteiger charge is -2.20. The number of halogens is 1. The first-order valence-corrected chi connectivity index (χ1v) is 7.04. The highest BCUT2D eigenvalue weighted by molar-refractivity contribution is 6.31. The van der Waals surface area contributed by atoms with Gasteiger partial charge >= 0.3 is 0 Å². The molecular formula is C16H24ClN. The topological polar surface area (TPSA) is 12.0 Å². The highest BCUT2D eigenvalue weighted by atomic mass is 35.5. The summed E-state index contributed by atoms with van der Waals surface area (Å²) in [6.45, 7) is 11.5. The van der Waals surface area contributed by atoms with Crippen LogP contribution in [0.5, 0.6) is 0 Å². The molecule has 0 aliphatic heterocycles. The second kappa shape index (κ2) is 4.25. The fraction of sp³-hybridized carbons (Fsp3) is 0.625. The Morgan fingerprint density at radius 2 is 1.72 bits per heavy atom. The summed E-state index contributed by atoms with van der Waals surface area (Å²) in [5.41, 5.74) is 3.19. The predicted octanol–water partition coefficient (Wildman–Crippen LogP) is 4.59. The van der Waals surface area contributed by atoms with Crippen molar-refractivity contribution in [2.24, 2.45) is 16.7 Å². The molecule has 100 valence electrons. The van der Waals surface area contributed by atoms with Gasteiger partial charge in [-0.15, -0.1) is 0 Å². The van der Waals surface area contributed by atoms with Gasteiger partial charge in [-0.05, 0) is 47.9 Å². The number of aryl methyl sites for hydroxylation is 1. The molecule has 0 bridgehead atoms. The van der Waals surface area contributed by atoms with Gasteiger partial charge < -0.3 is 5.32 Å². The zero-order valence-electron chi connectivity index (χ0n) is 12.3. The van der Waals surface area contributed by atoms with Gasteiger partial charge in [0.15, 0.2) is 0 Å². The molecule has 0 aromatic heterocycles. The van der Waals surface area contributed by atoms with E-state index in [9.17, 15) is 0 Å². The molecule has 0 radical (unpaired) electrons. The first-order valence-electron chi connectivity index (χ1n) is 6.67. The number of hydrogen-bond donors (Lipinski definition) is 1. The van der Waals surface area contributed by atoms with Gasteiger partial charge in [0.25, 0.3) is 0 Å². The number of benzene rings is 1. The summed E-state index contributed by atoms with van der Waals surface area (Å²) in [5.74, 6) is 0.647. The minimum Gasteiger partial charge on any atom is -0.313 e. The van der Waals surface area contributed by atoms with Crippen LogP contribution in [0.15, 0.2) is 18.2 Å². The molecule has 1 atom stereocenters. The van der Waals surface area contributed by atoms with Gasteiger partial charge in [0.05, 0.1) is 0 Å². The minimum atomic E-state index is 0.373. The molecule has 1 aliphatic rings. The van der Waals surface area contributed by atoms with Gasteiger partial charge in [0.2, 0.25) is 0 Å². The van der Waals surface area contributed by atoms with Crippen LogP contribution in [0.1, 0.15) is 44.9 Å². The lowest BCUT2D eigenvalue weighted by atomic mass is 9.96. The van der Waals surface area contributed by atoms with Crippen molar-refractivity contribution in [3.63, 3.8) is 0 Å². The van der Waals surface area contributed by atoms with E-state index in [-0.39, 0.29) is 0 Å². The van der Waals surface area contributed by atoms with E-state index in [0.717, 1.165) is 10.6 Å². The fourth-order valence-electron chi connectivity index (χ4n) is 3.41. The summed E-state index contributed by atoms with van der Waals surface area (Å²) in [5, 5.41) is 4.34. The molecule has 18 heavy (non-hydrogen) atoms. The second-order valence-corrected chi connectivity index (χ2v) is 7.10. The van der Waals surface area contributed by atoms with Gasteiger partial charge in [-0.25, -0.2) is 0 Å². The fourth-order valence-corrected chi connectivity index (χ4v) is 3.60. The SMILES string of the molecule is CNC(c1ccc(C)c(Cl)c1)C1C(C)(C)C1(C)C. The van der Waals surface area contributed by atoms with E-state index in [2.05, 4.69) is 51.2 Å². The molecule has 2 heteroatoms. The molecule has 0 heterocycles. The summed E-state index contributed by atoms with van der Waals surface area (Å²) in [6, 6.07) is 6.81. The van der Waals surface area contributed by atoms with E-state index >= 15 is 0 Å². The van der Waals surface area contributed by atoms with Crippen LogP contribution in [-0.4, -0.2) is 7.05 Å². The Hall–Kier alpha value is -0.530. The predicted molar refractivity (Wildman–Crippen MR) is 79.0 cm³/mol. The molecule has 1 aliphatic carbocycles. The van der Waals surface area contributed by atoms with Gasteiger partial charge in [0, 0.05) is 11.1 Å². The van der Waals surface area contributed by atoms with Crippen LogP contribution in [0.2, 0.25) is 5.02 Å². The maximum atomic E-state index is 6.25. The van der Waals surface area contributed by atoms with Crippen molar-refractivity contribution in [2.75, 3.05) is 7.05 Å². The van der Waals surface area contributed by atoms with Crippen molar-refractivity contribution >= 4 is 11.6 Å². The van der Waals surface area contributed by atoms with Gasteiger partial charge in [-0.1, -0.05) is 51.4 Å². The van der Waals surface area contributed by atoms with E-state index in [1.165, 1.54) is 5.56 Å². The van der Waals surface area contributed by atoms with Crippen LogP contribution in [0.4, 0.5) is 0 Å². The summed E-state index contributed by atoms with van der Waals surface area (Å²) >= 11 is 6.25. The Morgan fingerprint density at radius 1 is 1.17 bits per heavy atom. The molecule has 1 aromatic carbocycles. The Bertz CT molecular complexity index is 448. The zero-order chi connectivity index (χ0) is 13.7. The second-order valence-electron chi connectivity index (χ2n) is 6.70. The largest absolute Gasteiger partial charge is 0.313 e. The average Bonchev–Trinajstić information content (AvgIpc) is 2.67. The Kier molecular flexibility index (Phi) is 3.28. The minimum absolute atomic E-state index is 0.373. The molecule has 0 spiro atoms. The quantitative estimate of drug-likeness (QED) is 0.843. The Morgan fingerprint density at radius 3 is 2.11 bits per heavy atom. The van der Waals surface area contributed by atoms with Crippen molar-refractivity contribution < 1.29 is 0 Å². The van der Waals surface area contributed by atoms with E-state index in [0.29, 0.717) is 22.8 Å². The highest BCUT2D eigenvalue weighted by Crippen LogP contribution is 2.72. The third kappa shape index (κ3) is 1.88. The first kappa shape index (κ1) is 13.9. The zero-order valence-corrected chi connectivity index (χ0v) is 13.0. The molecule has 2 rings (SSSR count). The molecule has 1 aromatic rings. The Balaban J connectivity index is 2.33. The number of nitrogens with one attached hydrogen (secondary N) is 1. The molecule has 1 unspecified atom stereocenters. The molecule has 1 fully saturated rings. The van der Waals surface area contributed by atoms with Crippen molar-refractivity contribution in [2.45, 2.75) is 40.7 Å². The van der Waals surface area contributed by atoms with Crippen LogP contribution in [0.25, 0.3) is 0 Å². The molecule has 0 amide bonds. The summed E-state index contributed by atoms with van der Waals surface area (Å²) < 4.78 is 0. The maximum Gasteiger partial charge on any atom is 0.0438 e. The monoisotopic (exact) mass is 265 g/mol. The van der Waals surface area contributed by atoms with Crippen molar-refractivity contribution in [3.8, 4) is 0 Å². The number of hydrogen-bond acceptors (Lipinski definition) is 1. The van der Waals surface area contributed by atoms with Gasteiger partial charge in [0.1, 0.15) is 0 Å². The van der Waals surface area contributed by atoms with Crippen LogP contribution in [-0.2, 0) is 0 Å². The normalized spacial score (nSPS) is 22.8. The lowest BCUT2D eigenvalue weighted by Crippen LogP contribution is -2.21. The Labute approximate surface area is 116 Å². The van der Waals surface area contributed by atoms with E-state index in [1.54, 1.807) is 0 Å². The van der Waals surface area contributed by atoms with Crippen molar-refractivity contribution in [3.05, 3.63) is 34.3 Å². The molecule has 1 saturated carbocycles. The van der Waals surface area contributed by atoms with E-state index in [1.807, 2.05) is 14.0 Å².